The predicted molar refractivity (Wildman–Crippen MR) is 70.7 cm³/mol. The number of benzene rings is 1. The van der Waals surface area contributed by atoms with Crippen molar-refractivity contribution in [1.82, 2.24) is 5.32 Å². The molecule has 1 aromatic carbocycles. The summed E-state index contributed by atoms with van der Waals surface area (Å²) >= 11 is 0. The van der Waals surface area contributed by atoms with E-state index in [-0.39, 0.29) is 5.91 Å². The van der Waals surface area contributed by atoms with E-state index in [4.69, 9.17) is 5.73 Å². The summed E-state index contributed by atoms with van der Waals surface area (Å²) in [5, 5.41) is 2.90. The lowest BCUT2D eigenvalue weighted by Gasteiger charge is -2.22. The molecule has 1 aromatic rings. The van der Waals surface area contributed by atoms with Gasteiger partial charge in [0.25, 0.3) is 0 Å². The van der Waals surface area contributed by atoms with Crippen LogP contribution in [0.5, 0.6) is 0 Å². The van der Waals surface area contributed by atoms with E-state index in [1.165, 1.54) is 5.56 Å². The largest absolute Gasteiger partial charge is 0.354 e. The normalized spacial score (nSPS) is 14.4. The molecular weight excluding hydrogens is 212 g/mol. The monoisotopic (exact) mass is 234 g/mol. The van der Waals surface area contributed by atoms with Crippen molar-refractivity contribution >= 4 is 5.91 Å². The van der Waals surface area contributed by atoms with Gasteiger partial charge in [-0.2, -0.15) is 0 Å². The van der Waals surface area contributed by atoms with Crippen LogP contribution < -0.4 is 11.1 Å². The highest BCUT2D eigenvalue weighted by molar-refractivity contribution is 5.81. The highest BCUT2D eigenvalue weighted by atomic mass is 16.2. The quantitative estimate of drug-likeness (QED) is 0.817. The number of nitrogens with one attached hydrogen (secondary N) is 1. The zero-order valence-corrected chi connectivity index (χ0v) is 10.8. The molecule has 0 radical (unpaired) electrons. The van der Waals surface area contributed by atoms with Gasteiger partial charge in [-0.1, -0.05) is 44.2 Å². The van der Waals surface area contributed by atoms with Crippen molar-refractivity contribution in [3.63, 3.8) is 0 Å². The van der Waals surface area contributed by atoms with Crippen LogP contribution in [0, 0.1) is 5.92 Å². The third-order valence-corrected chi connectivity index (χ3v) is 2.94. The standard InChI is InChI=1S/C14H22N2O/c1-10(2)13(9-16-14(17)11(3)15)12-7-5-4-6-8-12/h4-8,10-11,13H,9,15H2,1-3H3,(H,16,17). The number of carbonyl (C=O) groups excluding carboxylic acids is 1. The Morgan fingerprint density at radius 2 is 1.82 bits per heavy atom. The molecule has 0 saturated carbocycles. The van der Waals surface area contributed by atoms with Crippen LogP contribution in [0.25, 0.3) is 0 Å². The molecule has 0 bridgehead atoms. The number of carbonyl (C=O) groups is 1. The number of hydrogen-bond acceptors (Lipinski definition) is 2. The van der Waals surface area contributed by atoms with E-state index in [0.717, 1.165) is 0 Å². The highest BCUT2D eigenvalue weighted by Crippen LogP contribution is 2.23. The number of hydrogen-bond donors (Lipinski definition) is 2. The minimum Gasteiger partial charge on any atom is -0.354 e. The molecule has 3 nitrogen and oxygen atoms in total. The van der Waals surface area contributed by atoms with Crippen LogP contribution in [0.15, 0.2) is 30.3 Å². The van der Waals surface area contributed by atoms with Gasteiger partial charge in [-0.15, -0.1) is 0 Å². The molecule has 2 unspecified atom stereocenters. The zero-order chi connectivity index (χ0) is 12.8. The van der Waals surface area contributed by atoms with Crippen LogP contribution in [0.1, 0.15) is 32.3 Å². The summed E-state index contributed by atoms with van der Waals surface area (Å²) in [6, 6.07) is 9.81. The van der Waals surface area contributed by atoms with Crippen LogP contribution >= 0.6 is 0 Å². The molecule has 0 fully saturated rings. The fraction of sp³-hybridized carbons (Fsp3) is 0.500. The first-order valence-corrected chi connectivity index (χ1v) is 6.10. The lowest BCUT2D eigenvalue weighted by atomic mass is 9.88. The summed E-state index contributed by atoms with van der Waals surface area (Å²) in [5.74, 6) is 0.719. The molecule has 3 N–H and O–H groups in total. The molecular formula is C14H22N2O. The van der Waals surface area contributed by atoms with Crippen LogP contribution in [-0.4, -0.2) is 18.5 Å². The Morgan fingerprint density at radius 3 is 2.29 bits per heavy atom. The van der Waals surface area contributed by atoms with Gasteiger partial charge in [0, 0.05) is 12.5 Å². The Labute approximate surface area is 103 Å². The van der Waals surface area contributed by atoms with E-state index < -0.39 is 6.04 Å². The topological polar surface area (TPSA) is 55.1 Å². The second-order valence-electron chi connectivity index (χ2n) is 4.80. The van der Waals surface area contributed by atoms with Crippen molar-refractivity contribution in [2.24, 2.45) is 11.7 Å². The van der Waals surface area contributed by atoms with Crippen LogP contribution in [0.3, 0.4) is 0 Å². The summed E-state index contributed by atoms with van der Waals surface area (Å²) in [7, 11) is 0. The van der Waals surface area contributed by atoms with Gasteiger partial charge in [0.2, 0.25) is 5.91 Å². The lowest BCUT2D eigenvalue weighted by Crippen LogP contribution is -2.40. The predicted octanol–water partition coefficient (Wildman–Crippen LogP) is 1.89. The molecule has 17 heavy (non-hydrogen) atoms. The fourth-order valence-corrected chi connectivity index (χ4v) is 1.81. The maximum Gasteiger partial charge on any atom is 0.236 e. The number of rotatable bonds is 5. The lowest BCUT2D eigenvalue weighted by molar-refractivity contribution is -0.122. The first-order valence-electron chi connectivity index (χ1n) is 6.10. The van der Waals surface area contributed by atoms with E-state index in [1.807, 2.05) is 18.2 Å². The van der Waals surface area contributed by atoms with Crippen molar-refractivity contribution in [1.29, 1.82) is 0 Å². The minimum absolute atomic E-state index is 0.0911. The Hall–Kier alpha value is -1.35. The second kappa shape index (κ2) is 6.40. The summed E-state index contributed by atoms with van der Waals surface area (Å²) in [6.07, 6.45) is 0. The van der Waals surface area contributed by atoms with Crippen molar-refractivity contribution < 1.29 is 4.79 Å². The van der Waals surface area contributed by atoms with Gasteiger partial charge >= 0.3 is 0 Å². The molecule has 0 aromatic heterocycles. The Kier molecular flexibility index (Phi) is 5.16. The maximum absolute atomic E-state index is 11.5. The minimum atomic E-state index is -0.446. The van der Waals surface area contributed by atoms with E-state index in [0.29, 0.717) is 18.4 Å². The average Bonchev–Trinajstić information content (AvgIpc) is 2.29. The Morgan fingerprint density at radius 1 is 1.24 bits per heavy atom. The molecule has 0 heterocycles. The summed E-state index contributed by atoms with van der Waals surface area (Å²) in [6.45, 7) is 6.66. The van der Waals surface area contributed by atoms with E-state index in [9.17, 15) is 4.79 Å². The molecule has 0 aliphatic carbocycles. The molecule has 1 rings (SSSR count). The maximum atomic E-state index is 11.5. The molecule has 0 spiro atoms. The summed E-state index contributed by atoms with van der Waals surface area (Å²) in [4.78, 5) is 11.5. The SMILES string of the molecule is CC(N)C(=O)NCC(c1ccccc1)C(C)C. The molecule has 0 aliphatic rings. The van der Waals surface area contributed by atoms with Crippen molar-refractivity contribution in [2.75, 3.05) is 6.54 Å². The molecule has 1 amide bonds. The van der Waals surface area contributed by atoms with Crippen LogP contribution in [0.4, 0.5) is 0 Å². The highest BCUT2D eigenvalue weighted by Gasteiger charge is 2.17. The van der Waals surface area contributed by atoms with Gasteiger partial charge in [-0.25, -0.2) is 0 Å². The van der Waals surface area contributed by atoms with Crippen LogP contribution in [0.2, 0.25) is 0 Å². The Balaban J connectivity index is 2.66. The third kappa shape index (κ3) is 4.19. The van der Waals surface area contributed by atoms with Crippen molar-refractivity contribution in [3.05, 3.63) is 35.9 Å². The molecule has 3 heteroatoms. The van der Waals surface area contributed by atoms with Crippen molar-refractivity contribution in [2.45, 2.75) is 32.7 Å². The third-order valence-electron chi connectivity index (χ3n) is 2.94. The van der Waals surface area contributed by atoms with Gasteiger partial charge in [-0.3, -0.25) is 4.79 Å². The van der Waals surface area contributed by atoms with E-state index >= 15 is 0 Å². The average molecular weight is 234 g/mol. The molecule has 0 aliphatic heterocycles. The van der Waals surface area contributed by atoms with E-state index in [2.05, 4.69) is 31.3 Å². The van der Waals surface area contributed by atoms with Gasteiger partial charge in [-0.05, 0) is 18.4 Å². The molecule has 2 atom stereocenters. The van der Waals surface area contributed by atoms with Gasteiger partial charge in [0.1, 0.15) is 0 Å². The van der Waals surface area contributed by atoms with Gasteiger partial charge in [0.15, 0.2) is 0 Å². The van der Waals surface area contributed by atoms with Crippen molar-refractivity contribution in [3.8, 4) is 0 Å². The summed E-state index contributed by atoms with van der Waals surface area (Å²) < 4.78 is 0. The smallest absolute Gasteiger partial charge is 0.236 e. The van der Waals surface area contributed by atoms with E-state index in [1.54, 1.807) is 6.92 Å². The first kappa shape index (κ1) is 13.7. The second-order valence-corrected chi connectivity index (χ2v) is 4.80. The van der Waals surface area contributed by atoms with Gasteiger partial charge < -0.3 is 11.1 Å². The zero-order valence-electron chi connectivity index (χ0n) is 10.8. The van der Waals surface area contributed by atoms with Crippen LogP contribution in [-0.2, 0) is 4.79 Å². The number of amides is 1. The number of nitrogens with two attached hydrogens (primary N) is 1. The van der Waals surface area contributed by atoms with Gasteiger partial charge in [0.05, 0.1) is 6.04 Å². The molecule has 94 valence electrons. The molecule has 0 saturated heterocycles. The first-order chi connectivity index (χ1) is 8.02. The Bertz CT molecular complexity index is 346. The fourth-order valence-electron chi connectivity index (χ4n) is 1.81. The summed E-state index contributed by atoms with van der Waals surface area (Å²) in [5.41, 5.74) is 6.78.